The summed E-state index contributed by atoms with van der Waals surface area (Å²) in [7, 11) is 0. The van der Waals surface area contributed by atoms with Gasteiger partial charge in [0.2, 0.25) is 5.91 Å². The summed E-state index contributed by atoms with van der Waals surface area (Å²) in [5.41, 5.74) is 8.37. The maximum atomic E-state index is 12.3. The van der Waals surface area contributed by atoms with Gasteiger partial charge in [0.15, 0.2) is 0 Å². The van der Waals surface area contributed by atoms with E-state index < -0.39 is 0 Å². The zero-order chi connectivity index (χ0) is 14.3. The van der Waals surface area contributed by atoms with Crippen molar-refractivity contribution in [2.45, 2.75) is 32.9 Å². The van der Waals surface area contributed by atoms with Crippen LogP contribution in [0.4, 0.5) is 0 Å². The maximum absolute atomic E-state index is 12.3. The van der Waals surface area contributed by atoms with Crippen LogP contribution in [0.5, 0.6) is 0 Å². The average molecular weight is 280 g/mol. The van der Waals surface area contributed by atoms with Gasteiger partial charge in [0, 0.05) is 13.1 Å². The smallest absolute Gasteiger partial charge is 0.239 e. The molecule has 0 radical (unpaired) electrons. The fourth-order valence-electron chi connectivity index (χ4n) is 1.94. The van der Waals surface area contributed by atoms with Crippen molar-refractivity contribution in [2.24, 2.45) is 5.73 Å². The first-order chi connectivity index (χ1) is 9.10. The molecule has 1 aromatic rings. The van der Waals surface area contributed by atoms with Crippen LogP contribution in [0.15, 0.2) is 24.3 Å². The van der Waals surface area contributed by atoms with E-state index in [4.69, 9.17) is 5.73 Å². The third-order valence-corrected chi connectivity index (χ3v) is 3.91. The van der Waals surface area contributed by atoms with Crippen LogP contribution in [0.3, 0.4) is 0 Å². The topological polar surface area (TPSA) is 46.3 Å². The molecule has 0 spiro atoms. The fourth-order valence-corrected chi connectivity index (χ4v) is 2.43. The normalized spacial score (nSPS) is 12.2. The summed E-state index contributed by atoms with van der Waals surface area (Å²) in [5, 5.41) is 0. The molecule has 1 amide bonds. The van der Waals surface area contributed by atoms with Gasteiger partial charge in [-0.1, -0.05) is 24.3 Å². The Morgan fingerprint density at radius 1 is 1.42 bits per heavy atom. The lowest BCUT2D eigenvalue weighted by Gasteiger charge is -2.25. The second-order valence-electron chi connectivity index (χ2n) is 4.67. The highest BCUT2D eigenvalue weighted by molar-refractivity contribution is 7.98. The molecule has 0 saturated carbocycles. The number of aryl methyl sites for hydroxylation is 1. The Bertz CT molecular complexity index is 409. The molecular formula is C15H24N2OS. The van der Waals surface area contributed by atoms with Crippen molar-refractivity contribution >= 4 is 17.7 Å². The molecule has 0 aliphatic carbocycles. The summed E-state index contributed by atoms with van der Waals surface area (Å²) in [5.74, 6) is 0.981. The number of nitrogens with zero attached hydrogens (tertiary/aromatic N) is 1. The molecule has 1 aromatic carbocycles. The molecule has 2 N–H and O–H groups in total. The lowest BCUT2D eigenvalue weighted by Crippen LogP contribution is -2.43. The molecule has 1 rings (SSSR count). The van der Waals surface area contributed by atoms with Crippen LogP contribution in [0.2, 0.25) is 0 Å². The number of likely N-dealkylation sites (N-methyl/N-ethyl adjacent to an activating group) is 1. The Morgan fingerprint density at radius 3 is 2.68 bits per heavy atom. The van der Waals surface area contributed by atoms with Crippen molar-refractivity contribution in [1.82, 2.24) is 4.90 Å². The zero-order valence-electron chi connectivity index (χ0n) is 12.1. The van der Waals surface area contributed by atoms with Gasteiger partial charge >= 0.3 is 0 Å². The Hall–Kier alpha value is -1.00. The summed E-state index contributed by atoms with van der Waals surface area (Å²) >= 11 is 1.72. The number of nitrogens with two attached hydrogens (primary N) is 1. The third-order valence-electron chi connectivity index (χ3n) is 3.27. The van der Waals surface area contributed by atoms with Crippen LogP contribution < -0.4 is 5.73 Å². The van der Waals surface area contributed by atoms with E-state index in [0.717, 1.165) is 12.2 Å². The second-order valence-corrected chi connectivity index (χ2v) is 5.65. The predicted molar refractivity (Wildman–Crippen MR) is 83.2 cm³/mol. The molecular weight excluding hydrogens is 256 g/mol. The largest absolute Gasteiger partial charge is 0.337 e. The number of rotatable bonds is 7. The number of carbonyl (C=O) groups excluding carboxylic acids is 1. The van der Waals surface area contributed by atoms with Gasteiger partial charge in [0.1, 0.15) is 0 Å². The monoisotopic (exact) mass is 280 g/mol. The van der Waals surface area contributed by atoms with Crippen LogP contribution in [-0.2, 0) is 11.3 Å². The summed E-state index contributed by atoms with van der Waals surface area (Å²) in [6.07, 6.45) is 2.77. The Kier molecular flexibility index (Phi) is 6.95. The molecule has 0 aliphatic rings. The van der Waals surface area contributed by atoms with Crippen molar-refractivity contribution < 1.29 is 4.79 Å². The van der Waals surface area contributed by atoms with E-state index >= 15 is 0 Å². The molecule has 106 valence electrons. The highest BCUT2D eigenvalue weighted by atomic mass is 32.2. The molecule has 0 aromatic heterocycles. The first kappa shape index (κ1) is 16.1. The Balaban J connectivity index is 2.67. The van der Waals surface area contributed by atoms with Crippen molar-refractivity contribution in [3.63, 3.8) is 0 Å². The van der Waals surface area contributed by atoms with Crippen LogP contribution in [0.25, 0.3) is 0 Å². The molecule has 3 nitrogen and oxygen atoms in total. The quantitative estimate of drug-likeness (QED) is 0.834. The first-order valence-corrected chi connectivity index (χ1v) is 8.07. The molecule has 0 saturated heterocycles. The molecule has 19 heavy (non-hydrogen) atoms. The molecule has 0 bridgehead atoms. The van der Waals surface area contributed by atoms with Gasteiger partial charge in [-0.05, 0) is 43.4 Å². The van der Waals surface area contributed by atoms with Gasteiger partial charge in [0.25, 0.3) is 0 Å². The fraction of sp³-hybridized carbons (Fsp3) is 0.533. The van der Waals surface area contributed by atoms with E-state index in [1.807, 2.05) is 30.2 Å². The van der Waals surface area contributed by atoms with Crippen LogP contribution in [-0.4, -0.2) is 35.4 Å². The number of benzene rings is 1. The van der Waals surface area contributed by atoms with Gasteiger partial charge < -0.3 is 10.6 Å². The first-order valence-electron chi connectivity index (χ1n) is 6.68. The lowest BCUT2D eigenvalue weighted by atomic mass is 10.1. The van der Waals surface area contributed by atoms with Gasteiger partial charge in [-0.15, -0.1) is 0 Å². The van der Waals surface area contributed by atoms with Crippen LogP contribution >= 0.6 is 11.8 Å². The SMILES string of the molecule is CCN(Cc1ccccc1C)C(=O)[C@@H](N)CCSC. The van der Waals surface area contributed by atoms with Gasteiger partial charge in [-0.2, -0.15) is 11.8 Å². The highest BCUT2D eigenvalue weighted by Crippen LogP contribution is 2.12. The average Bonchev–Trinajstić information content (AvgIpc) is 2.43. The lowest BCUT2D eigenvalue weighted by molar-refractivity contribution is -0.133. The summed E-state index contributed by atoms with van der Waals surface area (Å²) in [6.45, 7) is 5.41. The molecule has 0 aliphatic heterocycles. The van der Waals surface area contributed by atoms with Crippen molar-refractivity contribution in [2.75, 3.05) is 18.6 Å². The van der Waals surface area contributed by atoms with Gasteiger partial charge in [-0.25, -0.2) is 0 Å². The van der Waals surface area contributed by atoms with Crippen LogP contribution in [0.1, 0.15) is 24.5 Å². The minimum atomic E-state index is -0.378. The molecule has 0 heterocycles. The summed E-state index contributed by atoms with van der Waals surface area (Å²) in [4.78, 5) is 14.1. The summed E-state index contributed by atoms with van der Waals surface area (Å²) in [6, 6.07) is 7.78. The maximum Gasteiger partial charge on any atom is 0.239 e. The Labute approximate surface area is 120 Å². The number of carbonyl (C=O) groups is 1. The van der Waals surface area contributed by atoms with E-state index in [1.54, 1.807) is 11.8 Å². The van der Waals surface area contributed by atoms with E-state index in [-0.39, 0.29) is 11.9 Å². The van der Waals surface area contributed by atoms with E-state index in [2.05, 4.69) is 19.1 Å². The molecule has 1 atom stereocenters. The molecule has 0 unspecified atom stereocenters. The minimum absolute atomic E-state index is 0.0554. The Morgan fingerprint density at radius 2 is 2.11 bits per heavy atom. The van der Waals surface area contributed by atoms with E-state index in [1.165, 1.54) is 11.1 Å². The zero-order valence-corrected chi connectivity index (χ0v) is 12.9. The molecule has 4 heteroatoms. The van der Waals surface area contributed by atoms with Gasteiger partial charge in [-0.3, -0.25) is 4.79 Å². The highest BCUT2D eigenvalue weighted by Gasteiger charge is 2.19. The standard InChI is InChI=1S/C15H24N2OS/c1-4-17(15(18)14(16)9-10-19-3)11-13-8-6-5-7-12(13)2/h5-8,14H,4,9-11,16H2,1-3H3/t14-/m0/s1. The van der Waals surface area contributed by atoms with Crippen molar-refractivity contribution in [3.8, 4) is 0 Å². The van der Waals surface area contributed by atoms with E-state index in [0.29, 0.717) is 13.1 Å². The van der Waals surface area contributed by atoms with Crippen molar-refractivity contribution in [1.29, 1.82) is 0 Å². The van der Waals surface area contributed by atoms with Crippen LogP contribution in [0, 0.1) is 6.92 Å². The van der Waals surface area contributed by atoms with E-state index in [9.17, 15) is 4.79 Å². The minimum Gasteiger partial charge on any atom is -0.337 e. The number of thioether (sulfide) groups is 1. The van der Waals surface area contributed by atoms with Gasteiger partial charge in [0.05, 0.1) is 6.04 Å². The predicted octanol–water partition coefficient (Wildman–Crippen LogP) is 2.42. The van der Waals surface area contributed by atoms with Crippen molar-refractivity contribution in [3.05, 3.63) is 35.4 Å². The number of amides is 1. The second kappa shape index (κ2) is 8.23. The summed E-state index contributed by atoms with van der Waals surface area (Å²) < 4.78 is 0. The number of hydrogen-bond acceptors (Lipinski definition) is 3. The number of hydrogen-bond donors (Lipinski definition) is 1. The third kappa shape index (κ3) is 4.88. The molecule has 0 fully saturated rings.